The van der Waals surface area contributed by atoms with Crippen LogP contribution in [0.5, 0.6) is 5.75 Å². The lowest BCUT2D eigenvalue weighted by Gasteiger charge is -2.18. The number of hydrogen-bond donors (Lipinski definition) is 0. The van der Waals surface area contributed by atoms with Crippen LogP contribution in [0.4, 0.5) is 8.78 Å². The lowest BCUT2D eigenvalue weighted by molar-refractivity contribution is -0.0466. The van der Waals surface area contributed by atoms with Gasteiger partial charge in [0.1, 0.15) is 5.75 Å². The van der Waals surface area contributed by atoms with Crippen molar-refractivity contribution in [2.24, 2.45) is 0 Å². The highest BCUT2D eigenvalue weighted by Gasteiger charge is 2.32. The molecular formula is C15H12BrClF2O. The van der Waals surface area contributed by atoms with E-state index in [-0.39, 0.29) is 11.3 Å². The van der Waals surface area contributed by atoms with E-state index >= 15 is 0 Å². The highest BCUT2D eigenvalue weighted by atomic mass is 79.9. The average molecular weight is 362 g/mol. The van der Waals surface area contributed by atoms with E-state index in [0.717, 1.165) is 5.56 Å². The van der Waals surface area contributed by atoms with Crippen LogP contribution in [0, 0.1) is 0 Å². The fraction of sp³-hybridized carbons (Fsp3) is 0.200. The minimum atomic E-state index is -3.06. The van der Waals surface area contributed by atoms with Gasteiger partial charge in [0.2, 0.25) is 0 Å². The summed E-state index contributed by atoms with van der Waals surface area (Å²) in [6, 6.07) is 12.6. The molecule has 0 heterocycles. The number of ether oxygens (including phenoxy) is 1. The molecule has 0 aliphatic rings. The second kappa shape index (κ2) is 6.55. The summed E-state index contributed by atoms with van der Waals surface area (Å²) < 4.78 is 33.0. The summed E-state index contributed by atoms with van der Waals surface area (Å²) in [5.41, 5.74) is 0.880. The number of rotatable bonds is 5. The van der Waals surface area contributed by atoms with Gasteiger partial charge in [0.15, 0.2) is 6.61 Å². The molecule has 106 valence electrons. The molecule has 0 atom stereocenters. The van der Waals surface area contributed by atoms with Crippen molar-refractivity contribution in [3.63, 3.8) is 0 Å². The second-order valence-corrected chi connectivity index (χ2v) is 5.23. The molecule has 20 heavy (non-hydrogen) atoms. The quantitative estimate of drug-likeness (QED) is 0.647. The zero-order chi connectivity index (χ0) is 14.6. The summed E-state index contributed by atoms with van der Waals surface area (Å²) in [5.74, 6) is -2.80. The maximum Gasteiger partial charge on any atom is 0.306 e. The highest BCUT2D eigenvalue weighted by molar-refractivity contribution is 9.08. The predicted octanol–water partition coefficient (Wildman–Crippen LogP) is 5.41. The SMILES string of the molecule is FC(F)(COc1ccc(CBr)cc1Cl)c1ccccc1. The van der Waals surface area contributed by atoms with Crippen LogP contribution in [-0.2, 0) is 11.3 Å². The Morgan fingerprint density at radius 2 is 1.80 bits per heavy atom. The maximum absolute atomic E-state index is 13.9. The third-order valence-corrected chi connectivity index (χ3v) is 3.70. The standard InChI is InChI=1S/C15H12BrClF2O/c16-9-11-6-7-14(13(17)8-11)20-10-15(18,19)12-4-2-1-3-5-12/h1-8H,9-10H2. The molecule has 0 amide bonds. The molecule has 0 aliphatic heterocycles. The lowest BCUT2D eigenvalue weighted by Crippen LogP contribution is -2.23. The molecule has 0 fully saturated rings. The van der Waals surface area contributed by atoms with E-state index in [2.05, 4.69) is 15.9 Å². The van der Waals surface area contributed by atoms with E-state index in [1.54, 1.807) is 36.4 Å². The Labute approximate surface area is 129 Å². The summed E-state index contributed by atoms with van der Waals surface area (Å²) in [6.45, 7) is -0.746. The van der Waals surface area contributed by atoms with Crippen molar-refractivity contribution in [1.29, 1.82) is 0 Å². The maximum atomic E-state index is 13.9. The van der Waals surface area contributed by atoms with E-state index < -0.39 is 12.5 Å². The predicted molar refractivity (Wildman–Crippen MR) is 79.9 cm³/mol. The fourth-order valence-corrected chi connectivity index (χ4v) is 2.28. The summed E-state index contributed by atoms with van der Waals surface area (Å²) >= 11 is 9.29. The summed E-state index contributed by atoms with van der Waals surface area (Å²) in [7, 11) is 0. The van der Waals surface area contributed by atoms with Gasteiger partial charge in [0, 0.05) is 10.9 Å². The van der Waals surface area contributed by atoms with E-state index in [1.165, 1.54) is 12.1 Å². The van der Waals surface area contributed by atoms with Crippen molar-refractivity contribution < 1.29 is 13.5 Å². The molecule has 1 nitrogen and oxygen atoms in total. The van der Waals surface area contributed by atoms with Gasteiger partial charge in [-0.15, -0.1) is 0 Å². The van der Waals surface area contributed by atoms with Gasteiger partial charge in [-0.1, -0.05) is 63.9 Å². The van der Waals surface area contributed by atoms with Crippen molar-refractivity contribution in [2.45, 2.75) is 11.3 Å². The third kappa shape index (κ3) is 3.70. The average Bonchev–Trinajstić information content (AvgIpc) is 2.47. The molecule has 2 rings (SSSR count). The Hall–Kier alpha value is -1.13. The molecular weight excluding hydrogens is 350 g/mol. The second-order valence-electron chi connectivity index (χ2n) is 4.26. The Bertz CT molecular complexity index is 575. The molecule has 0 saturated heterocycles. The number of benzene rings is 2. The zero-order valence-electron chi connectivity index (χ0n) is 10.5. The fourth-order valence-electron chi connectivity index (χ4n) is 1.68. The van der Waals surface area contributed by atoms with Crippen LogP contribution in [0.15, 0.2) is 48.5 Å². The van der Waals surface area contributed by atoms with E-state index in [0.29, 0.717) is 10.4 Å². The van der Waals surface area contributed by atoms with Gasteiger partial charge in [-0.2, -0.15) is 8.78 Å². The van der Waals surface area contributed by atoms with Gasteiger partial charge >= 0.3 is 5.92 Å². The zero-order valence-corrected chi connectivity index (χ0v) is 12.8. The Balaban J connectivity index is 2.08. The van der Waals surface area contributed by atoms with Crippen LogP contribution in [0.1, 0.15) is 11.1 Å². The molecule has 0 aliphatic carbocycles. The molecule has 0 radical (unpaired) electrons. The first kappa shape index (κ1) is 15.3. The van der Waals surface area contributed by atoms with Gasteiger partial charge in [0.25, 0.3) is 0 Å². The largest absolute Gasteiger partial charge is 0.485 e. The van der Waals surface area contributed by atoms with Crippen LogP contribution in [0.25, 0.3) is 0 Å². The van der Waals surface area contributed by atoms with Crippen molar-refractivity contribution >= 4 is 27.5 Å². The molecule has 2 aromatic carbocycles. The third-order valence-electron chi connectivity index (χ3n) is 2.76. The van der Waals surface area contributed by atoms with Gasteiger partial charge in [-0.05, 0) is 17.7 Å². The molecule has 2 aromatic rings. The smallest absolute Gasteiger partial charge is 0.306 e. The molecule has 0 unspecified atom stereocenters. The van der Waals surface area contributed by atoms with E-state index in [4.69, 9.17) is 16.3 Å². The first-order valence-electron chi connectivity index (χ1n) is 5.93. The minimum Gasteiger partial charge on any atom is -0.485 e. The first-order valence-corrected chi connectivity index (χ1v) is 7.43. The molecule has 0 saturated carbocycles. The van der Waals surface area contributed by atoms with Gasteiger partial charge in [-0.25, -0.2) is 0 Å². The van der Waals surface area contributed by atoms with E-state index in [9.17, 15) is 8.78 Å². The first-order chi connectivity index (χ1) is 9.53. The topological polar surface area (TPSA) is 9.23 Å². The van der Waals surface area contributed by atoms with Gasteiger partial charge in [-0.3, -0.25) is 0 Å². The normalized spacial score (nSPS) is 11.4. The number of hydrogen-bond acceptors (Lipinski definition) is 1. The van der Waals surface area contributed by atoms with Crippen molar-refractivity contribution in [1.82, 2.24) is 0 Å². The summed E-state index contributed by atoms with van der Waals surface area (Å²) in [4.78, 5) is 0. The van der Waals surface area contributed by atoms with Crippen molar-refractivity contribution in [3.8, 4) is 5.75 Å². The van der Waals surface area contributed by atoms with E-state index in [1.807, 2.05) is 0 Å². The van der Waals surface area contributed by atoms with Gasteiger partial charge in [0.05, 0.1) is 5.02 Å². The Morgan fingerprint density at radius 1 is 1.10 bits per heavy atom. The molecule has 0 spiro atoms. The highest BCUT2D eigenvalue weighted by Crippen LogP contribution is 2.31. The van der Waals surface area contributed by atoms with Crippen LogP contribution in [-0.4, -0.2) is 6.61 Å². The Kier molecular flexibility index (Phi) is 5.00. The number of alkyl halides is 3. The van der Waals surface area contributed by atoms with Crippen LogP contribution in [0.2, 0.25) is 5.02 Å². The van der Waals surface area contributed by atoms with Crippen LogP contribution >= 0.6 is 27.5 Å². The van der Waals surface area contributed by atoms with Crippen LogP contribution < -0.4 is 4.74 Å². The molecule has 0 N–H and O–H groups in total. The molecule has 0 bridgehead atoms. The summed E-state index contributed by atoms with van der Waals surface area (Å²) in [6.07, 6.45) is 0. The van der Waals surface area contributed by atoms with Crippen molar-refractivity contribution in [3.05, 3.63) is 64.7 Å². The minimum absolute atomic E-state index is 0.0757. The number of halogens is 4. The lowest BCUT2D eigenvalue weighted by atomic mass is 10.1. The molecule has 0 aromatic heterocycles. The van der Waals surface area contributed by atoms with Gasteiger partial charge < -0.3 is 4.74 Å². The Morgan fingerprint density at radius 3 is 2.40 bits per heavy atom. The van der Waals surface area contributed by atoms with Crippen molar-refractivity contribution in [2.75, 3.05) is 6.61 Å². The van der Waals surface area contributed by atoms with Crippen LogP contribution in [0.3, 0.4) is 0 Å². The monoisotopic (exact) mass is 360 g/mol. The summed E-state index contributed by atoms with van der Waals surface area (Å²) in [5, 5.41) is 0.971. The molecule has 5 heteroatoms.